The van der Waals surface area contributed by atoms with Crippen LogP contribution in [0.2, 0.25) is 0 Å². The highest BCUT2D eigenvalue weighted by Gasteiger charge is 2.43. The minimum Gasteiger partial charge on any atom is -0.497 e. The molecule has 5 rings (SSSR count). The van der Waals surface area contributed by atoms with Crippen LogP contribution in [0.25, 0.3) is 43.8 Å². The Morgan fingerprint density at radius 3 is 1.40 bits per heavy atom. The molecule has 0 atom stereocenters. The SMILES string of the molecule is COc1cc(F)c(-c2c3cc(F)ccc3c(-c3c(F)c(F)c(C(F)(F)F)c(F)c3F)c3c(F)c(F)c(F)c(F)c23)c(F)c1. The molecule has 0 aliphatic heterocycles. The van der Waals surface area contributed by atoms with E-state index < -0.39 is 125 Å². The molecule has 0 fully saturated rings. The van der Waals surface area contributed by atoms with Gasteiger partial charge in [0, 0.05) is 34.0 Å². The first-order valence-electron chi connectivity index (χ1n) is 11.4. The Morgan fingerprint density at radius 2 is 0.953 bits per heavy atom. The summed E-state index contributed by atoms with van der Waals surface area (Å²) in [6.07, 6.45) is -6.03. The van der Waals surface area contributed by atoms with E-state index in [1.807, 2.05) is 0 Å². The minimum atomic E-state index is -6.03. The van der Waals surface area contributed by atoms with Crippen LogP contribution in [0.5, 0.6) is 5.75 Å². The summed E-state index contributed by atoms with van der Waals surface area (Å²) in [5, 5.41) is -5.57. The first-order chi connectivity index (χ1) is 20.0. The molecule has 0 spiro atoms. The Balaban J connectivity index is 2.17. The van der Waals surface area contributed by atoms with Crippen LogP contribution >= 0.6 is 0 Å². The van der Waals surface area contributed by atoms with Gasteiger partial charge in [0.2, 0.25) is 0 Å². The molecule has 0 bridgehead atoms. The Kier molecular flexibility index (Phi) is 6.97. The second kappa shape index (κ2) is 10.0. The summed E-state index contributed by atoms with van der Waals surface area (Å²) >= 11 is 0. The molecule has 0 unspecified atom stereocenters. The van der Waals surface area contributed by atoms with Crippen molar-refractivity contribution < 1.29 is 66.2 Å². The summed E-state index contributed by atoms with van der Waals surface area (Å²) in [6, 6.07) is 2.19. The van der Waals surface area contributed by atoms with Crippen LogP contribution in [0.4, 0.5) is 61.5 Å². The molecule has 0 aliphatic carbocycles. The van der Waals surface area contributed by atoms with E-state index in [-0.39, 0.29) is 0 Å². The molecule has 0 saturated heterocycles. The van der Waals surface area contributed by atoms with Crippen molar-refractivity contribution in [3.05, 3.63) is 99.9 Å². The predicted octanol–water partition coefficient (Wildman–Crippen LogP) is 9.88. The Morgan fingerprint density at radius 1 is 0.488 bits per heavy atom. The lowest BCUT2D eigenvalue weighted by atomic mass is 9.84. The minimum absolute atomic E-state index is 0.307. The third-order valence-corrected chi connectivity index (χ3v) is 6.59. The molecule has 0 radical (unpaired) electrons. The summed E-state index contributed by atoms with van der Waals surface area (Å²) < 4.78 is 209. The van der Waals surface area contributed by atoms with Gasteiger partial charge in [0.1, 0.15) is 28.8 Å². The summed E-state index contributed by atoms with van der Waals surface area (Å²) in [7, 11) is 0.974. The molecule has 0 saturated carbocycles. The van der Waals surface area contributed by atoms with E-state index >= 15 is 26.3 Å². The number of hydrogen-bond donors (Lipinski definition) is 0. The highest BCUT2D eigenvalue weighted by molar-refractivity contribution is 6.22. The van der Waals surface area contributed by atoms with Gasteiger partial charge in [0.25, 0.3) is 0 Å². The van der Waals surface area contributed by atoms with Crippen molar-refractivity contribution in [2.45, 2.75) is 6.18 Å². The molecule has 0 aromatic heterocycles. The molecule has 5 aromatic rings. The smallest absolute Gasteiger partial charge is 0.422 e. The lowest BCUT2D eigenvalue weighted by Crippen LogP contribution is -2.16. The van der Waals surface area contributed by atoms with Gasteiger partial charge >= 0.3 is 6.18 Å². The Labute approximate surface area is 229 Å². The van der Waals surface area contributed by atoms with E-state index in [1.165, 1.54) is 0 Å². The molecule has 43 heavy (non-hydrogen) atoms. The van der Waals surface area contributed by atoms with Crippen molar-refractivity contribution in [1.29, 1.82) is 0 Å². The summed E-state index contributed by atoms with van der Waals surface area (Å²) in [5.74, 6) is -27.3. The van der Waals surface area contributed by atoms with E-state index in [1.54, 1.807) is 0 Å². The van der Waals surface area contributed by atoms with Crippen molar-refractivity contribution in [3.8, 4) is 28.0 Å². The van der Waals surface area contributed by atoms with Crippen LogP contribution in [-0.4, -0.2) is 7.11 Å². The lowest BCUT2D eigenvalue weighted by molar-refractivity contribution is -0.143. The first-order valence-corrected chi connectivity index (χ1v) is 11.4. The van der Waals surface area contributed by atoms with Gasteiger partial charge in [-0.15, -0.1) is 0 Å². The average Bonchev–Trinajstić information content (AvgIpc) is 2.93. The number of fused-ring (bicyclic) bond motifs is 2. The highest BCUT2D eigenvalue weighted by Crippen LogP contribution is 2.50. The number of methoxy groups -OCH3 is 1. The lowest BCUT2D eigenvalue weighted by Gasteiger charge is -2.21. The molecule has 0 aliphatic rings. The average molecular weight is 626 g/mol. The molecule has 1 nitrogen and oxygen atoms in total. The quantitative estimate of drug-likeness (QED) is 0.0839. The van der Waals surface area contributed by atoms with Gasteiger partial charge in [0.15, 0.2) is 46.5 Å². The summed E-state index contributed by atoms with van der Waals surface area (Å²) in [5.41, 5.74) is -9.51. The van der Waals surface area contributed by atoms with Gasteiger partial charge in [-0.05, 0) is 22.9 Å². The van der Waals surface area contributed by atoms with Crippen molar-refractivity contribution in [3.63, 3.8) is 0 Å². The van der Waals surface area contributed by atoms with Gasteiger partial charge < -0.3 is 4.74 Å². The van der Waals surface area contributed by atoms with Crippen LogP contribution < -0.4 is 4.74 Å². The van der Waals surface area contributed by atoms with Crippen molar-refractivity contribution in [2.75, 3.05) is 7.11 Å². The largest absolute Gasteiger partial charge is 0.497 e. The monoisotopic (exact) mass is 626 g/mol. The number of alkyl halides is 3. The van der Waals surface area contributed by atoms with Crippen LogP contribution in [0.15, 0.2) is 30.3 Å². The molecule has 0 amide bonds. The second-order valence-corrected chi connectivity index (χ2v) is 8.92. The van der Waals surface area contributed by atoms with E-state index in [9.17, 15) is 35.1 Å². The maximum atomic E-state index is 15.5. The van der Waals surface area contributed by atoms with E-state index in [0.717, 1.165) is 7.11 Å². The molecule has 5 aromatic carbocycles. The molecule has 0 heterocycles. The fraction of sp³-hybridized carbons (Fsp3) is 0.0714. The van der Waals surface area contributed by atoms with Gasteiger partial charge in [-0.3, -0.25) is 0 Å². The van der Waals surface area contributed by atoms with Gasteiger partial charge in [-0.1, -0.05) is 6.07 Å². The van der Waals surface area contributed by atoms with Crippen LogP contribution in [0, 0.1) is 64.0 Å². The van der Waals surface area contributed by atoms with Crippen molar-refractivity contribution in [2.24, 2.45) is 0 Å². The fourth-order valence-corrected chi connectivity index (χ4v) is 4.84. The molecule has 224 valence electrons. The Hall–Kier alpha value is -4.56. The third-order valence-electron chi connectivity index (χ3n) is 6.59. The molecule has 15 heteroatoms. The summed E-state index contributed by atoms with van der Waals surface area (Å²) in [4.78, 5) is 0. The Bertz CT molecular complexity index is 1960. The maximum absolute atomic E-state index is 15.5. The van der Waals surface area contributed by atoms with E-state index in [0.29, 0.717) is 30.3 Å². The standard InChI is InChI=1S/C28H8F14O/c1-43-8-5-11(30)15(12(31)6-8)14-10-4-7(29)2-3-9(10)13(16-17(14)21(33)27(39)26(38)20(16)32)18-22(34)24(36)19(28(40,41)42)25(37)23(18)35/h2-6H,1H3. The fourth-order valence-electron chi connectivity index (χ4n) is 4.84. The predicted molar refractivity (Wildman–Crippen MR) is 123 cm³/mol. The normalized spacial score (nSPS) is 12.1. The maximum Gasteiger partial charge on any atom is 0.422 e. The first kappa shape index (κ1) is 29.9. The zero-order valence-corrected chi connectivity index (χ0v) is 20.6. The van der Waals surface area contributed by atoms with Crippen molar-refractivity contribution >= 4 is 21.5 Å². The molecular formula is C28H8F14O. The zero-order valence-electron chi connectivity index (χ0n) is 20.6. The zero-order chi connectivity index (χ0) is 31.9. The number of hydrogen-bond acceptors (Lipinski definition) is 1. The van der Waals surface area contributed by atoms with Gasteiger partial charge in [-0.2, -0.15) is 13.2 Å². The van der Waals surface area contributed by atoms with Gasteiger partial charge in [-0.25, -0.2) is 48.3 Å². The molecule has 0 N–H and O–H groups in total. The van der Waals surface area contributed by atoms with Gasteiger partial charge in [0.05, 0.1) is 18.2 Å². The second-order valence-electron chi connectivity index (χ2n) is 8.92. The number of rotatable bonds is 3. The van der Waals surface area contributed by atoms with Crippen LogP contribution in [0.1, 0.15) is 5.56 Å². The number of halogens is 14. The van der Waals surface area contributed by atoms with Crippen LogP contribution in [0.3, 0.4) is 0 Å². The van der Waals surface area contributed by atoms with E-state index in [4.69, 9.17) is 0 Å². The topological polar surface area (TPSA) is 9.23 Å². The number of benzene rings is 5. The van der Waals surface area contributed by atoms with E-state index in [2.05, 4.69) is 4.74 Å². The van der Waals surface area contributed by atoms with Crippen LogP contribution in [-0.2, 0) is 6.18 Å². The number of ether oxygens (including phenoxy) is 1. The molecular weight excluding hydrogens is 618 g/mol. The summed E-state index contributed by atoms with van der Waals surface area (Å²) in [6.45, 7) is 0. The highest BCUT2D eigenvalue weighted by atomic mass is 19.4. The third kappa shape index (κ3) is 4.31. The van der Waals surface area contributed by atoms with Crippen molar-refractivity contribution in [1.82, 2.24) is 0 Å².